The maximum absolute atomic E-state index is 5.71. The summed E-state index contributed by atoms with van der Waals surface area (Å²) < 4.78 is 0. The second-order valence-electron chi connectivity index (χ2n) is 4.38. The molecule has 0 amide bonds. The van der Waals surface area contributed by atoms with Gasteiger partial charge in [0.05, 0.1) is 10.7 Å². The van der Waals surface area contributed by atoms with Crippen molar-refractivity contribution in [1.29, 1.82) is 0 Å². The number of rotatable bonds is 4. The van der Waals surface area contributed by atoms with Crippen LogP contribution in [0.3, 0.4) is 0 Å². The Balaban J connectivity index is 2.90. The first kappa shape index (κ1) is 11.7. The first-order chi connectivity index (χ1) is 6.54. The fraction of sp³-hybridized carbons (Fsp3) is 0.727. The Bertz CT molecular complexity index is 289. The van der Waals surface area contributed by atoms with Crippen molar-refractivity contribution in [2.75, 3.05) is 0 Å². The zero-order valence-corrected chi connectivity index (χ0v) is 10.3. The molecule has 2 N–H and O–H groups in total. The van der Waals surface area contributed by atoms with Crippen LogP contribution in [0.2, 0.25) is 0 Å². The Morgan fingerprint density at radius 3 is 2.36 bits per heavy atom. The second kappa shape index (κ2) is 4.89. The van der Waals surface area contributed by atoms with E-state index in [4.69, 9.17) is 5.73 Å². The molecule has 0 atom stereocenters. The van der Waals surface area contributed by atoms with Crippen molar-refractivity contribution in [3.63, 3.8) is 0 Å². The van der Waals surface area contributed by atoms with Crippen molar-refractivity contribution >= 4 is 11.3 Å². The van der Waals surface area contributed by atoms with Gasteiger partial charge in [-0.1, -0.05) is 27.7 Å². The lowest BCUT2D eigenvalue weighted by molar-refractivity contribution is 0.630. The molecule has 0 fully saturated rings. The van der Waals surface area contributed by atoms with Crippen LogP contribution in [0.25, 0.3) is 0 Å². The Morgan fingerprint density at radius 1 is 1.29 bits per heavy atom. The molecular formula is C11H20N2S. The molecule has 2 nitrogen and oxygen atoms in total. The van der Waals surface area contributed by atoms with E-state index in [2.05, 4.69) is 32.7 Å². The van der Waals surface area contributed by atoms with Gasteiger partial charge >= 0.3 is 0 Å². The van der Waals surface area contributed by atoms with Crippen molar-refractivity contribution in [3.05, 3.63) is 15.6 Å². The fourth-order valence-corrected chi connectivity index (χ4v) is 2.33. The molecule has 0 saturated heterocycles. The monoisotopic (exact) mass is 212 g/mol. The molecule has 0 bridgehead atoms. The maximum Gasteiger partial charge on any atom is 0.0957 e. The third kappa shape index (κ3) is 2.79. The topological polar surface area (TPSA) is 38.9 Å². The van der Waals surface area contributed by atoms with Gasteiger partial charge in [-0.2, -0.15) is 0 Å². The number of aromatic nitrogens is 1. The number of hydrogen-bond donors (Lipinski definition) is 1. The minimum Gasteiger partial charge on any atom is -0.326 e. The van der Waals surface area contributed by atoms with Gasteiger partial charge < -0.3 is 5.73 Å². The molecule has 0 aliphatic heterocycles. The smallest absolute Gasteiger partial charge is 0.0957 e. The zero-order valence-electron chi connectivity index (χ0n) is 9.50. The molecule has 14 heavy (non-hydrogen) atoms. The lowest BCUT2D eigenvalue weighted by atomic mass is 10.1. The van der Waals surface area contributed by atoms with Crippen LogP contribution < -0.4 is 5.73 Å². The highest BCUT2D eigenvalue weighted by atomic mass is 32.1. The van der Waals surface area contributed by atoms with Crippen LogP contribution in [0.5, 0.6) is 0 Å². The van der Waals surface area contributed by atoms with E-state index in [-0.39, 0.29) is 0 Å². The molecule has 0 aromatic carbocycles. The van der Waals surface area contributed by atoms with Gasteiger partial charge in [-0.05, 0) is 12.3 Å². The average Bonchev–Trinajstić information content (AvgIpc) is 2.46. The summed E-state index contributed by atoms with van der Waals surface area (Å²) in [7, 11) is 0. The highest BCUT2D eigenvalue weighted by Crippen LogP contribution is 2.26. The van der Waals surface area contributed by atoms with Crippen LogP contribution in [0, 0.1) is 5.92 Å². The lowest BCUT2D eigenvalue weighted by Crippen LogP contribution is -2.02. The minimum absolute atomic E-state index is 0.520. The molecule has 1 aromatic heterocycles. The number of hydrogen-bond acceptors (Lipinski definition) is 3. The summed E-state index contributed by atoms with van der Waals surface area (Å²) in [6.07, 6.45) is 1.05. The molecule has 1 heterocycles. The summed E-state index contributed by atoms with van der Waals surface area (Å²) in [6.45, 7) is 9.42. The SMILES string of the molecule is CC(C)Cc1nc(C(C)C)sc1CN. The number of nitrogens with two attached hydrogens (primary N) is 1. The van der Waals surface area contributed by atoms with E-state index < -0.39 is 0 Å². The number of thiazole rings is 1. The second-order valence-corrected chi connectivity index (χ2v) is 5.49. The summed E-state index contributed by atoms with van der Waals surface area (Å²) in [5.74, 6) is 1.17. The Kier molecular flexibility index (Phi) is 4.08. The van der Waals surface area contributed by atoms with Crippen molar-refractivity contribution in [2.45, 2.75) is 46.6 Å². The van der Waals surface area contributed by atoms with Crippen molar-refractivity contribution in [2.24, 2.45) is 11.7 Å². The van der Waals surface area contributed by atoms with Crippen molar-refractivity contribution < 1.29 is 0 Å². The van der Waals surface area contributed by atoms with Crippen LogP contribution in [0.15, 0.2) is 0 Å². The van der Waals surface area contributed by atoms with E-state index in [0.717, 1.165) is 6.42 Å². The van der Waals surface area contributed by atoms with Gasteiger partial charge in [0.2, 0.25) is 0 Å². The van der Waals surface area contributed by atoms with E-state index in [1.54, 1.807) is 11.3 Å². The van der Waals surface area contributed by atoms with Gasteiger partial charge in [-0.15, -0.1) is 11.3 Å². The predicted molar refractivity (Wildman–Crippen MR) is 62.6 cm³/mol. The van der Waals surface area contributed by atoms with Gasteiger partial charge in [0.1, 0.15) is 0 Å². The van der Waals surface area contributed by atoms with Gasteiger partial charge in [0, 0.05) is 17.3 Å². The molecule has 80 valence electrons. The van der Waals surface area contributed by atoms with Gasteiger partial charge in [-0.3, -0.25) is 0 Å². The standard InChI is InChI=1S/C11H20N2S/c1-7(2)5-9-10(6-12)14-11(13-9)8(3)4/h7-8H,5-6,12H2,1-4H3. The maximum atomic E-state index is 5.71. The lowest BCUT2D eigenvalue weighted by Gasteiger charge is -2.02. The molecule has 0 spiro atoms. The zero-order chi connectivity index (χ0) is 10.7. The van der Waals surface area contributed by atoms with E-state index in [1.165, 1.54) is 15.6 Å². The minimum atomic E-state index is 0.520. The van der Waals surface area contributed by atoms with Crippen LogP contribution in [-0.2, 0) is 13.0 Å². The highest BCUT2D eigenvalue weighted by molar-refractivity contribution is 7.11. The summed E-state index contributed by atoms with van der Waals surface area (Å²) in [5, 5.41) is 1.22. The molecule has 0 radical (unpaired) electrons. The summed E-state index contributed by atoms with van der Waals surface area (Å²) in [4.78, 5) is 5.93. The van der Waals surface area contributed by atoms with Gasteiger partial charge in [0.25, 0.3) is 0 Å². The molecule has 0 saturated carbocycles. The molecule has 0 aliphatic carbocycles. The summed E-state index contributed by atoms with van der Waals surface area (Å²) in [6, 6.07) is 0. The predicted octanol–water partition coefficient (Wildman–Crippen LogP) is 2.92. The summed E-state index contributed by atoms with van der Waals surface area (Å²) in [5.41, 5.74) is 6.93. The Morgan fingerprint density at radius 2 is 1.93 bits per heavy atom. The third-order valence-electron chi connectivity index (χ3n) is 2.08. The molecule has 0 unspecified atom stereocenters. The van der Waals surface area contributed by atoms with Crippen LogP contribution >= 0.6 is 11.3 Å². The normalized spacial score (nSPS) is 11.6. The molecule has 1 aromatic rings. The van der Waals surface area contributed by atoms with Crippen LogP contribution in [0.4, 0.5) is 0 Å². The highest BCUT2D eigenvalue weighted by Gasteiger charge is 2.12. The third-order valence-corrected chi connectivity index (χ3v) is 3.50. The fourth-order valence-electron chi connectivity index (χ4n) is 1.36. The molecule has 1 rings (SSSR count). The average molecular weight is 212 g/mol. The summed E-state index contributed by atoms with van der Waals surface area (Å²) >= 11 is 1.77. The molecule has 3 heteroatoms. The van der Waals surface area contributed by atoms with Gasteiger partial charge in [0.15, 0.2) is 0 Å². The Labute approximate surface area is 90.6 Å². The number of nitrogens with zero attached hydrogens (tertiary/aromatic N) is 1. The Hall–Kier alpha value is -0.410. The molecular weight excluding hydrogens is 192 g/mol. The molecule has 0 aliphatic rings. The van der Waals surface area contributed by atoms with E-state index in [9.17, 15) is 0 Å². The van der Waals surface area contributed by atoms with Crippen molar-refractivity contribution in [3.8, 4) is 0 Å². The van der Waals surface area contributed by atoms with Gasteiger partial charge in [-0.25, -0.2) is 4.98 Å². The first-order valence-electron chi connectivity index (χ1n) is 5.23. The first-order valence-corrected chi connectivity index (χ1v) is 6.04. The quantitative estimate of drug-likeness (QED) is 0.833. The van der Waals surface area contributed by atoms with E-state index in [1.807, 2.05) is 0 Å². The van der Waals surface area contributed by atoms with Crippen molar-refractivity contribution in [1.82, 2.24) is 4.98 Å². The van der Waals surface area contributed by atoms with E-state index >= 15 is 0 Å². The largest absolute Gasteiger partial charge is 0.326 e. The van der Waals surface area contributed by atoms with Crippen LogP contribution in [-0.4, -0.2) is 4.98 Å². The van der Waals surface area contributed by atoms with Crippen LogP contribution in [0.1, 0.15) is 49.2 Å². The van der Waals surface area contributed by atoms with E-state index in [0.29, 0.717) is 18.4 Å².